The van der Waals surface area contributed by atoms with Crippen molar-refractivity contribution < 1.29 is 14.6 Å². The molecule has 1 saturated heterocycles. The SMILES string of the molecule is CC(C)(C)OC(=O)N1CC(O)CC1CCl. The molecule has 4 nitrogen and oxygen atoms in total. The number of amides is 1. The van der Waals surface area contributed by atoms with Crippen LogP contribution in [0.15, 0.2) is 0 Å². The van der Waals surface area contributed by atoms with Crippen LogP contribution in [0.25, 0.3) is 0 Å². The standard InChI is InChI=1S/C10H18ClNO3/c1-10(2,3)15-9(14)12-6-8(13)4-7(12)5-11/h7-8,13H,4-6H2,1-3H3. The molecule has 1 N–H and O–H groups in total. The molecule has 0 radical (unpaired) electrons. The summed E-state index contributed by atoms with van der Waals surface area (Å²) in [6.07, 6.45) is -0.353. The minimum atomic E-state index is -0.512. The monoisotopic (exact) mass is 235 g/mol. The number of halogens is 1. The van der Waals surface area contributed by atoms with Crippen molar-refractivity contribution in [2.24, 2.45) is 0 Å². The summed E-state index contributed by atoms with van der Waals surface area (Å²) in [5.41, 5.74) is -0.512. The second-order valence-corrected chi connectivity index (χ2v) is 5.14. The first-order chi connectivity index (χ1) is 6.83. The maximum absolute atomic E-state index is 11.7. The van der Waals surface area contributed by atoms with Crippen molar-refractivity contribution in [2.75, 3.05) is 12.4 Å². The van der Waals surface area contributed by atoms with Crippen molar-refractivity contribution in [3.8, 4) is 0 Å². The lowest BCUT2D eigenvalue weighted by atomic mass is 10.2. The maximum atomic E-state index is 11.7. The molecular formula is C10H18ClNO3. The largest absolute Gasteiger partial charge is 0.444 e. The van der Waals surface area contributed by atoms with Crippen LogP contribution in [0.1, 0.15) is 27.2 Å². The first kappa shape index (κ1) is 12.6. The molecule has 1 amide bonds. The number of aliphatic hydroxyl groups is 1. The number of likely N-dealkylation sites (tertiary alicyclic amines) is 1. The van der Waals surface area contributed by atoms with Crippen LogP contribution in [0.2, 0.25) is 0 Å². The van der Waals surface area contributed by atoms with E-state index < -0.39 is 17.8 Å². The number of hydrogen-bond donors (Lipinski definition) is 1. The fourth-order valence-corrected chi connectivity index (χ4v) is 1.88. The van der Waals surface area contributed by atoms with E-state index in [0.29, 0.717) is 18.8 Å². The Morgan fingerprint density at radius 3 is 2.67 bits per heavy atom. The molecule has 0 aromatic carbocycles. The summed E-state index contributed by atoms with van der Waals surface area (Å²) in [6, 6.07) is -0.114. The van der Waals surface area contributed by atoms with Gasteiger partial charge in [-0.15, -0.1) is 11.6 Å². The van der Waals surface area contributed by atoms with Crippen LogP contribution >= 0.6 is 11.6 Å². The quantitative estimate of drug-likeness (QED) is 0.703. The normalized spacial score (nSPS) is 26.9. The van der Waals surface area contributed by atoms with E-state index in [-0.39, 0.29) is 6.04 Å². The molecule has 1 rings (SSSR count). The van der Waals surface area contributed by atoms with Crippen LogP contribution in [-0.4, -0.2) is 46.3 Å². The summed E-state index contributed by atoms with van der Waals surface area (Å²) in [5, 5.41) is 9.44. The molecule has 5 heteroatoms. The molecule has 0 aliphatic carbocycles. The Bertz CT molecular complexity index is 239. The van der Waals surface area contributed by atoms with Gasteiger partial charge in [0, 0.05) is 5.88 Å². The van der Waals surface area contributed by atoms with E-state index in [1.807, 2.05) is 20.8 Å². The number of carbonyl (C=O) groups is 1. The van der Waals surface area contributed by atoms with E-state index in [9.17, 15) is 9.90 Å². The van der Waals surface area contributed by atoms with Crippen LogP contribution in [0.5, 0.6) is 0 Å². The first-order valence-electron chi connectivity index (χ1n) is 5.07. The Kier molecular flexibility index (Phi) is 3.84. The Balaban J connectivity index is 2.59. The molecular weight excluding hydrogens is 218 g/mol. The number of carbonyl (C=O) groups excluding carboxylic acids is 1. The van der Waals surface area contributed by atoms with Crippen molar-refractivity contribution in [3.63, 3.8) is 0 Å². The van der Waals surface area contributed by atoms with Gasteiger partial charge in [-0.25, -0.2) is 4.79 Å². The van der Waals surface area contributed by atoms with E-state index in [1.54, 1.807) is 0 Å². The number of nitrogens with zero attached hydrogens (tertiary/aromatic N) is 1. The molecule has 88 valence electrons. The lowest BCUT2D eigenvalue weighted by molar-refractivity contribution is 0.0221. The number of alkyl halides is 1. The lowest BCUT2D eigenvalue weighted by Gasteiger charge is -2.27. The highest BCUT2D eigenvalue weighted by Gasteiger charge is 2.36. The van der Waals surface area contributed by atoms with Gasteiger partial charge in [-0.05, 0) is 27.2 Å². The summed E-state index contributed by atoms with van der Waals surface area (Å²) >= 11 is 5.72. The van der Waals surface area contributed by atoms with Crippen LogP contribution in [-0.2, 0) is 4.74 Å². The molecule has 1 aliphatic rings. The number of rotatable bonds is 1. The van der Waals surface area contributed by atoms with Gasteiger partial charge < -0.3 is 14.7 Å². The Morgan fingerprint density at radius 2 is 2.20 bits per heavy atom. The highest BCUT2D eigenvalue weighted by atomic mass is 35.5. The molecule has 0 spiro atoms. The van der Waals surface area contributed by atoms with Gasteiger partial charge in [-0.1, -0.05) is 0 Å². The first-order valence-corrected chi connectivity index (χ1v) is 5.60. The minimum Gasteiger partial charge on any atom is -0.444 e. The second kappa shape index (κ2) is 4.58. The lowest BCUT2D eigenvalue weighted by Crippen LogP contribution is -2.40. The summed E-state index contributed by atoms with van der Waals surface area (Å²) in [5.74, 6) is 0.330. The fraction of sp³-hybridized carbons (Fsp3) is 0.900. The zero-order chi connectivity index (χ0) is 11.6. The van der Waals surface area contributed by atoms with Crippen LogP contribution in [0.4, 0.5) is 4.79 Å². The molecule has 2 unspecified atom stereocenters. The topological polar surface area (TPSA) is 49.8 Å². The molecule has 0 aromatic heterocycles. The van der Waals surface area contributed by atoms with Crippen LogP contribution < -0.4 is 0 Å². The van der Waals surface area contributed by atoms with Gasteiger partial charge in [-0.2, -0.15) is 0 Å². The summed E-state index contributed by atoms with van der Waals surface area (Å²) in [6.45, 7) is 5.75. The van der Waals surface area contributed by atoms with Crippen molar-refractivity contribution in [1.29, 1.82) is 0 Å². The van der Waals surface area contributed by atoms with Crippen molar-refractivity contribution >= 4 is 17.7 Å². The predicted octanol–water partition coefficient (Wildman–Crippen LogP) is 1.60. The molecule has 1 heterocycles. The van der Waals surface area contributed by atoms with E-state index in [1.165, 1.54) is 4.90 Å². The molecule has 2 atom stereocenters. The van der Waals surface area contributed by atoms with Crippen molar-refractivity contribution in [2.45, 2.75) is 44.9 Å². The molecule has 1 fully saturated rings. The Labute approximate surface area is 95.2 Å². The number of hydrogen-bond acceptors (Lipinski definition) is 3. The minimum absolute atomic E-state index is 0.114. The van der Waals surface area contributed by atoms with Crippen molar-refractivity contribution in [3.05, 3.63) is 0 Å². The van der Waals surface area contributed by atoms with Crippen molar-refractivity contribution in [1.82, 2.24) is 4.90 Å². The highest BCUT2D eigenvalue weighted by Crippen LogP contribution is 2.21. The van der Waals surface area contributed by atoms with Gasteiger partial charge in [0.15, 0.2) is 0 Å². The number of β-amino-alcohol motifs (C(OH)–C–C–N with tert-alkyl or cyclic N) is 1. The Hall–Kier alpha value is -0.480. The summed E-state index contributed by atoms with van der Waals surface area (Å²) in [4.78, 5) is 13.2. The zero-order valence-electron chi connectivity index (χ0n) is 9.36. The Morgan fingerprint density at radius 1 is 1.60 bits per heavy atom. The fourth-order valence-electron chi connectivity index (χ4n) is 1.58. The van der Waals surface area contributed by atoms with Gasteiger partial charge >= 0.3 is 6.09 Å². The third-order valence-corrected chi connectivity index (χ3v) is 2.55. The maximum Gasteiger partial charge on any atom is 0.410 e. The number of aliphatic hydroxyl groups excluding tert-OH is 1. The third-order valence-electron chi connectivity index (χ3n) is 2.20. The van der Waals surface area contributed by atoms with Crippen LogP contribution in [0, 0.1) is 0 Å². The predicted molar refractivity (Wildman–Crippen MR) is 58.1 cm³/mol. The van der Waals surface area contributed by atoms with Crippen LogP contribution in [0.3, 0.4) is 0 Å². The van der Waals surface area contributed by atoms with Gasteiger partial charge in [0.05, 0.1) is 18.7 Å². The summed E-state index contributed by atoms with van der Waals surface area (Å²) in [7, 11) is 0. The summed E-state index contributed by atoms with van der Waals surface area (Å²) < 4.78 is 5.22. The zero-order valence-corrected chi connectivity index (χ0v) is 10.1. The van der Waals surface area contributed by atoms with E-state index in [0.717, 1.165) is 0 Å². The van der Waals surface area contributed by atoms with E-state index in [2.05, 4.69) is 0 Å². The average molecular weight is 236 g/mol. The molecule has 0 bridgehead atoms. The van der Waals surface area contributed by atoms with Gasteiger partial charge in [-0.3, -0.25) is 0 Å². The number of ether oxygens (including phenoxy) is 1. The molecule has 0 saturated carbocycles. The third kappa shape index (κ3) is 3.54. The smallest absolute Gasteiger partial charge is 0.410 e. The van der Waals surface area contributed by atoms with Gasteiger partial charge in [0.2, 0.25) is 0 Å². The van der Waals surface area contributed by atoms with E-state index in [4.69, 9.17) is 16.3 Å². The average Bonchev–Trinajstić information content (AvgIpc) is 2.43. The highest BCUT2D eigenvalue weighted by molar-refractivity contribution is 6.18. The second-order valence-electron chi connectivity index (χ2n) is 4.83. The molecule has 15 heavy (non-hydrogen) atoms. The van der Waals surface area contributed by atoms with Gasteiger partial charge in [0.1, 0.15) is 5.60 Å². The molecule has 0 aromatic rings. The molecule has 1 aliphatic heterocycles. The van der Waals surface area contributed by atoms with E-state index >= 15 is 0 Å². The van der Waals surface area contributed by atoms with Gasteiger partial charge in [0.25, 0.3) is 0 Å².